The summed E-state index contributed by atoms with van der Waals surface area (Å²) in [7, 11) is 0. The Morgan fingerprint density at radius 1 is 1.29 bits per heavy atom. The Balaban J connectivity index is 2.40. The number of benzene rings is 1. The molecule has 88 valence electrons. The number of nitrogens with zero attached hydrogens (tertiary/aromatic N) is 1. The molecule has 0 fully saturated rings. The van der Waals surface area contributed by atoms with Gasteiger partial charge in [0.15, 0.2) is 0 Å². The average Bonchev–Trinajstić information content (AvgIpc) is 2.82. The van der Waals surface area contributed by atoms with Gasteiger partial charge in [0.05, 0.1) is 5.52 Å². The molecule has 1 aliphatic carbocycles. The number of fused-ring (bicyclic) bond motifs is 2. The van der Waals surface area contributed by atoms with Crippen molar-refractivity contribution in [2.45, 2.75) is 39.2 Å². The van der Waals surface area contributed by atoms with E-state index in [2.05, 4.69) is 25.1 Å². The van der Waals surface area contributed by atoms with E-state index in [1.54, 1.807) is 0 Å². The highest BCUT2D eigenvalue weighted by Gasteiger charge is 2.19. The standard InChI is InChI=1S/C15H18N2/c1-2-10-5-3-7-12-13(9-16)11-6-4-8-14(11)17-15(10)12/h3,5,7H,2,4,6,8-9,16H2,1H3. The van der Waals surface area contributed by atoms with Gasteiger partial charge in [-0.3, -0.25) is 4.98 Å². The zero-order valence-corrected chi connectivity index (χ0v) is 10.3. The van der Waals surface area contributed by atoms with E-state index < -0.39 is 0 Å². The van der Waals surface area contributed by atoms with Crippen molar-refractivity contribution < 1.29 is 0 Å². The maximum Gasteiger partial charge on any atom is 0.0740 e. The second-order valence-electron chi connectivity index (χ2n) is 4.74. The quantitative estimate of drug-likeness (QED) is 0.855. The number of pyridine rings is 1. The van der Waals surface area contributed by atoms with Crippen LogP contribution < -0.4 is 5.73 Å². The van der Waals surface area contributed by atoms with Crippen LogP contribution in [0.1, 0.15) is 35.7 Å². The Kier molecular flexibility index (Phi) is 2.60. The van der Waals surface area contributed by atoms with E-state index in [4.69, 9.17) is 10.7 Å². The molecule has 2 nitrogen and oxygen atoms in total. The van der Waals surface area contributed by atoms with Crippen LogP contribution in [0.2, 0.25) is 0 Å². The zero-order valence-electron chi connectivity index (χ0n) is 10.3. The summed E-state index contributed by atoms with van der Waals surface area (Å²) in [6.07, 6.45) is 4.54. The first kappa shape index (κ1) is 10.7. The highest BCUT2D eigenvalue weighted by molar-refractivity contribution is 5.86. The molecule has 0 spiro atoms. The number of para-hydroxylation sites is 1. The fraction of sp³-hybridized carbons (Fsp3) is 0.400. The maximum absolute atomic E-state index is 5.95. The SMILES string of the molecule is CCc1cccc2c(CN)c3c(nc12)CCC3. The summed E-state index contributed by atoms with van der Waals surface area (Å²) in [5.74, 6) is 0. The van der Waals surface area contributed by atoms with E-state index in [-0.39, 0.29) is 0 Å². The minimum atomic E-state index is 0.633. The third-order valence-corrected chi connectivity index (χ3v) is 3.83. The molecule has 1 heterocycles. The van der Waals surface area contributed by atoms with Gasteiger partial charge < -0.3 is 5.73 Å². The normalized spacial score (nSPS) is 14.2. The molecule has 0 bridgehead atoms. The Hall–Kier alpha value is -1.41. The number of hydrogen-bond donors (Lipinski definition) is 1. The van der Waals surface area contributed by atoms with Crippen molar-refractivity contribution >= 4 is 10.9 Å². The second-order valence-corrected chi connectivity index (χ2v) is 4.74. The fourth-order valence-corrected chi connectivity index (χ4v) is 2.96. The van der Waals surface area contributed by atoms with Crippen LogP contribution in [0.15, 0.2) is 18.2 Å². The van der Waals surface area contributed by atoms with Crippen LogP contribution in [-0.4, -0.2) is 4.98 Å². The van der Waals surface area contributed by atoms with Gasteiger partial charge in [0.25, 0.3) is 0 Å². The predicted molar refractivity (Wildman–Crippen MR) is 71.0 cm³/mol. The topological polar surface area (TPSA) is 38.9 Å². The summed E-state index contributed by atoms with van der Waals surface area (Å²) in [6, 6.07) is 6.47. The first-order valence-electron chi connectivity index (χ1n) is 6.47. The Bertz CT molecular complexity index is 573. The van der Waals surface area contributed by atoms with Crippen LogP contribution in [0.5, 0.6) is 0 Å². The van der Waals surface area contributed by atoms with Crippen LogP contribution in [-0.2, 0) is 25.8 Å². The summed E-state index contributed by atoms with van der Waals surface area (Å²) in [4.78, 5) is 4.88. The lowest BCUT2D eigenvalue weighted by molar-refractivity contribution is 0.896. The molecule has 0 radical (unpaired) electrons. The molecule has 0 aliphatic heterocycles. The highest BCUT2D eigenvalue weighted by Crippen LogP contribution is 2.31. The van der Waals surface area contributed by atoms with E-state index in [9.17, 15) is 0 Å². The minimum Gasteiger partial charge on any atom is -0.326 e. The Morgan fingerprint density at radius 3 is 2.94 bits per heavy atom. The molecule has 17 heavy (non-hydrogen) atoms. The summed E-state index contributed by atoms with van der Waals surface area (Å²) < 4.78 is 0. The molecule has 1 aliphatic rings. The lowest BCUT2D eigenvalue weighted by Crippen LogP contribution is -2.05. The molecule has 1 aromatic carbocycles. The predicted octanol–water partition coefficient (Wildman–Crippen LogP) is 2.74. The van der Waals surface area contributed by atoms with Crippen molar-refractivity contribution in [3.63, 3.8) is 0 Å². The molecule has 2 N–H and O–H groups in total. The van der Waals surface area contributed by atoms with Crippen molar-refractivity contribution in [1.82, 2.24) is 4.98 Å². The molecule has 0 unspecified atom stereocenters. The van der Waals surface area contributed by atoms with Gasteiger partial charge in [0, 0.05) is 17.6 Å². The van der Waals surface area contributed by atoms with Crippen LogP contribution in [0, 0.1) is 0 Å². The lowest BCUT2D eigenvalue weighted by Gasteiger charge is -2.12. The molecule has 3 rings (SSSR count). The van der Waals surface area contributed by atoms with Crippen LogP contribution in [0.25, 0.3) is 10.9 Å². The van der Waals surface area contributed by atoms with Crippen molar-refractivity contribution in [1.29, 1.82) is 0 Å². The van der Waals surface area contributed by atoms with Gasteiger partial charge >= 0.3 is 0 Å². The minimum absolute atomic E-state index is 0.633. The largest absolute Gasteiger partial charge is 0.326 e. The van der Waals surface area contributed by atoms with Crippen LogP contribution in [0.3, 0.4) is 0 Å². The zero-order chi connectivity index (χ0) is 11.8. The molecule has 0 saturated heterocycles. The fourth-order valence-electron chi connectivity index (χ4n) is 2.96. The van der Waals surface area contributed by atoms with Crippen molar-refractivity contribution in [3.8, 4) is 0 Å². The summed E-state index contributed by atoms with van der Waals surface area (Å²) in [5.41, 5.74) is 12.5. The Morgan fingerprint density at radius 2 is 2.18 bits per heavy atom. The highest BCUT2D eigenvalue weighted by atomic mass is 14.7. The summed E-state index contributed by atoms with van der Waals surface area (Å²) >= 11 is 0. The molecular weight excluding hydrogens is 208 g/mol. The van der Waals surface area contributed by atoms with Gasteiger partial charge in [-0.15, -0.1) is 0 Å². The van der Waals surface area contributed by atoms with E-state index in [0.29, 0.717) is 6.54 Å². The van der Waals surface area contributed by atoms with Gasteiger partial charge in [0.1, 0.15) is 0 Å². The number of aryl methyl sites for hydroxylation is 2. The van der Waals surface area contributed by atoms with Crippen LogP contribution >= 0.6 is 0 Å². The molecule has 0 atom stereocenters. The molecular formula is C15H18N2. The van der Waals surface area contributed by atoms with E-state index in [0.717, 1.165) is 19.3 Å². The molecule has 1 aromatic heterocycles. The second kappa shape index (κ2) is 4.11. The van der Waals surface area contributed by atoms with Crippen molar-refractivity contribution in [3.05, 3.63) is 40.6 Å². The molecule has 2 aromatic rings. The van der Waals surface area contributed by atoms with E-state index >= 15 is 0 Å². The number of rotatable bonds is 2. The maximum atomic E-state index is 5.95. The molecule has 0 amide bonds. The van der Waals surface area contributed by atoms with Crippen molar-refractivity contribution in [2.24, 2.45) is 5.73 Å². The third-order valence-electron chi connectivity index (χ3n) is 3.83. The number of nitrogens with two attached hydrogens (primary N) is 1. The molecule has 0 saturated carbocycles. The van der Waals surface area contributed by atoms with E-state index in [1.165, 1.54) is 39.7 Å². The van der Waals surface area contributed by atoms with E-state index in [1.807, 2.05) is 0 Å². The first-order valence-corrected chi connectivity index (χ1v) is 6.47. The summed E-state index contributed by atoms with van der Waals surface area (Å²) in [6.45, 7) is 2.82. The monoisotopic (exact) mass is 226 g/mol. The molecule has 2 heteroatoms. The number of aromatic nitrogens is 1. The van der Waals surface area contributed by atoms with Gasteiger partial charge in [-0.1, -0.05) is 25.1 Å². The number of hydrogen-bond acceptors (Lipinski definition) is 2. The first-order chi connectivity index (χ1) is 8.35. The van der Waals surface area contributed by atoms with Gasteiger partial charge in [-0.05, 0) is 42.4 Å². The smallest absolute Gasteiger partial charge is 0.0740 e. The summed E-state index contributed by atoms with van der Waals surface area (Å²) in [5, 5.41) is 1.27. The van der Waals surface area contributed by atoms with Gasteiger partial charge in [-0.25, -0.2) is 0 Å². The lowest BCUT2D eigenvalue weighted by atomic mass is 9.98. The third kappa shape index (κ3) is 1.55. The average molecular weight is 226 g/mol. The van der Waals surface area contributed by atoms with Crippen molar-refractivity contribution in [2.75, 3.05) is 0 Å². The van der Waals surface area contributed by atoms with Gasteiger partial charge in [-0.2, -0.15) is 0 Å². The van der Waals surface area contributed by atoms with Crippen LogP contribution in [0.4, 0.5) is 0 Å². The van der Waals surface area contributed by atoms with Gasteiger partial charge in [0.2, 0.25) is 0 Å². The Labute approximate surface area is 102 Å².